The van der Waals surface area contributed by atoms with E-state index >= 15 is 0 Å². The van der Waals surface area contributed by atoms with Crippen molar-refractivity contribution in [3.63, 3.8) is 0 Å². The molecular weight excluding hydrogens is 262 g/mol. The SMILES string of the molecule is CC(N)C1CCCCN1CC(=O)N1CCc2ccccc21. The van der Waals surface area contributed by atoms with Crippen molar-refractivity contribution >= 4 is 11.6 Å². The Morgan fingerprint density at radius 1 is 1.33 bits per heavy atom. The van der Waals surface area contributed by atoms with Gasteiger partial charge in [0.2, 0.25) is 5.91 Å². The Labute approximate surface area is 126 Å². The predicted octanol–water partition coefficient (Wildman–Crippen LogP) is 1.78. The molecule has 0 aliphatic carbocycles. The summed E-state index contributed by atoms with van der Waals surface area (Å²) in [5.41, 5.74) is 8.48. The van der Waals surface area contributed by atoms with Crippen LogP contribution < -0.4 is 10.6 Å². The lowest BCUT2D eigenvalue weighted by atomic mass is 9.97. The number of hydrogen-bond acceptors (Lipinski definition) is 3. The molecule has 1 aromatic carbocycles. The van der Waals surface area contributed by atoms with E-state index in [2.05, 4.69) is 24.0 Å². The fourth-order valence-corrected chi connectivity index (χ4v) is 3.66. The van der Waals surface area contributed by atoms with Crippen molar-refractivity contribution in [3.8, 4) is 0 Å². The first-order chi connectivity index (χ1) is 10.2. The van der Waals surface area contributed by atoms with Crippen molar-refractivity contribution in [3.05, 3.63) is 29.8 Å². The van der Waals surface area contributed by atoms with E-state index in [1.165, 1.54) is 18.4 Å². The van der Waals surface area contributed by atoms with Gasteiger partial charge in [0.05, 0.1) is 6.54 Å². The first-order valence-electron chi connectivity index (χ1n) is 8.04. The Morgan fingerprint density at radius 2 is 2.14 bits per heavy atom. The molecule has 1 amide bonds. The summed E-state index contributed by atoms with van der Waals surface area (Å²) in [4.78, 5) is 16.9. The van der Waals surface area contributed by atoms with Crippen LogP contribution in [0.25, 0.3) is 0 Å². The molecule has 1 fully saturated rings. The minimum atomic E-state index is 0.129. The molecule has 2 atom stereocenters. The number of nitrogens with two attached hydrogens (primary N) is 1. The average molecular weight is 287 g/mol. The van der Waals surface area contributed by atoms with Gasteiger partial charge in [0, 0.05) is 24.3 Å². The number of anilines is 1. The smallest absolute Gasteiger partial charge is 0.241 e. The zero-order valence-corrected chi connectivity index (χ0v) is 12.8. The molecule has 2 aliphatic rings. The summed E-state index contributed by atoms with van der Waals surface area (Å²) in [5, 5.41) is 0. The normalized spacial score (nSPS) is 23.9. The van der Waals surface area contributed by atoms with Crippen LogP contribution in [0, 0.1) is 0 Å². The minimum absolute atomic E-state index is 0.129. The van der Waals surface area contributed by atoms with Gasteiger partial charge in [-0.25, -0.2) is 0 Å². The molecule has 2 heterocycles. The molecule has 0 aromatic heterocycles. The quantitative estimate of drug-likeness (QED) is 0.922. The molecule has 0 radical (unpaired) electrons. The number of amides is 1. The van der Waals surface area contributed by atoms with E-state index < -0.39 is 0 Å². The lowest BCUT2D eigenvalue weighted by Crippen LogP contribution is -2.52. The second-order valence-electron chi connectivity index (χ2n) is 6.32. The van der Waals surface area contributed by atoms with Crippen molar-refractivity contribution in [1.29, 1.82) is 0 Å². The summed E-state index contributed by atoms with van der Waals surface area (Å²) in [6, 6.07) is 8.71. The number of fused-ring (bicyclic) bond motifs is 1. The van der Waals surface area contributed by atoms with Gasteiger partial charge in [0.1, 0.15) is 0 Å². The molecule has 4 heteroatoms. The van der Waals surface area contributed by atoms with Gasteiger partial charge in [-0.15, -0.1) is 0 Å². The number of carbonyl (C=O) groups excluding carboxylic acids is 1. The highest BCUT2D eigenvalue weighted by atomic mass is 16.2. The maximum atomic E-state index is 12.7. The largest absolute Gasteiger partial charge is 0.327 e. The summed E-state index contributed by atoms with van der Waals surface area (Å²) >= 11 is 0. The fourth-order valence-electron chi connectivity index (χ4n) is 3.66. The van der Waals surface area contributed by atoms with Gasteiger partial charge < -0.3 is 10.6 Å². The van der Waals surface area contributed by atoms with Crippen LogP contribution in [0.15, 0.2) is 24.3 Å². The lowest BCUT2D eigenvalue weighted by Gasteiger charge is -2.38. The lowest BCUT2D eigenvalue weighted by molar-refractivity contribution is -0.120. The van der Waals surface area contributed by atoms with Gasteiger partial charge in [-0.3, -0.25) is 9.69 Å². The number of nitrogens with zero attached hydrogens (tertiary/aromatic N) is 2. The highest BCUT2D eigenvalue weighted by Crippen LogP contribution is 2.28. The molecule has 2 aliphatic heterocycles. The van der Waals surface area contributed by atoms with Crippen LogP contribution in [0.2, 0.25) is 0 Å². The Hall–Kier alpha value is -1.39. The molecule has 0 saturated carbocycles. The second-order valence-corrected chi connectivity index (χ2v) is 6.32. The van der Waals surface area contributed by atoms with Crippen molar-refractivity contribution in [2.45, 2.75) is 44.7 Å². The summed E-state index contributed by atoms with van der Waals surface area (Å²) in [6.45, 7) is 4.36. The highest BCUT2D eigenvalue weighted by molar-refractivity contribution is 5.96. The summed E-state index contributed by atoms with van der Waals surface area (Å²) in [7, 11) is 0. The third-order valence-corrected chi connectivity index (χ3v) is 4.80. The van der Waals surface area contributed by atoms with Crippen molar-refractivity contribution in [2.24, 2.45) is 5.73 Å². The molecule has 4 nitrogen and oxygen atoms in total. The average Bonchev–Trinajstić information content (AvgIpc) is 2.91. The van der Waals surface area contributed by atoms with Gasteiger partial charge >= 0.3 is 0 Å². The number of benzene rings is 1. The third-order valence-electron chi connectivity index (χ3n) is 4.80. The van der Waals surface area contributed by atoms with Crippen LogP contribution in [0.4, 0.5) is 5.69 Å². The highest BCUT2D eigenvalue weighted by Gasteiger charge is 2.30. The molecular formula is C17H25N3O. The molecule has 2 unspecified atom stereocenters. The van der Waals surface area contributed by atoms with Gasteiger partial charge in [-0.2, -0.15) is 0 Å². The van der Waals surface area contributed by atoms with Crippen LogP contribution in [0.1, 0.15) is 31.7 Å². The van der Waals surface area contributed by atoms with Crippen molar-refractivity contribution < 1.29 is 4.79 Å². The zero-order chi connectivity index (χ0) is 14.8. The molecule has 0 spiro atoms. The number of carbonyl (C=O) groups is 1. The summed E-state index contributed by atoms with van der Waals surface area (Å²) in [6.07, 6.45) is 4.48. The van der Waals surface area contributed by atoms with E-state index in [1.54, 1.807) is 0 Å². The van der Waals surface area contributed by atoms with E-state index in [1.807, 2.05) is 17.0 Å². The molecule has 114 valence electrons. The Morgan fingerprint density at radius 3 is 2.95 bits per heavy atom. The minimum Gasteiger partial charge on any atom is -0.327 e. The predicted molar refractivity (Wildman–Crippen MR) is 85.4 cm³/mol. The van der Waals surface area contributed by atoms with Crippen molar-refractivity contribution in [1.82, 2.24) is 4.90 Å². The number of rotatable bonds is 3. The van der Waals surface area contributed by atoms with E-state index in [9.17, 15) is 4.79 Å². The van der Waals surface area contributed by atoms with Crippen LogP contribution >= 0.6 is 0 Å². The first kappa shape index (κ1) is 14.5. The summed E-state index contributed by atoms with van der Waals surface area (Å²) in [5.74, 6) is 0.215. The van der Waals surface area contributed by atoms with Crippen LogP contribution in [-0.2, 0) is 11.2 Å². The summed E-state index contributed by atoms with van der Waals surface area (Å²) < 4.78 is 0. The number of piperidine rings is 1. The number of hydrogen-bond donors (Lipinski definition) is 1. The second kappa shape index (κ2) is 6.16. The molecule has 21 heavy (non-hydrogen) atoms. The molecule has 3 rings (SSSR count). The fraction of sp³-hybridized carbons (Fsp3) is 0.588. The van der Waals surface area contributed by atoms with Gasteiger partial charge in [-0.1, -0.05) is 24.6 Å². The number of likely N-dealkylation sites (tertiary alicyclic amines) is 1. The van der Waals surface area contributed by atoms with Crippen LogP contribution in [0.3, 0.4) is 0 Å². The monoisotopic (exact) mass is 287 g/mol. The Kier molecular flexibility index (Phi) is 4.27. The van der Waals surface area contributed by atoms with E-state index in [4.69, 9.17) is 5.73 Å². The molecule has 2 N–H and O–H groups in total. The van der Waals surface area contributed by atoms with E-state index in [0.29, 0.717) is 12.6 Å². The van der Waals surface area contributed by atoms with Gasteiger partial charge in [0.15, 0.2) is 0 Å². The first-order valence-corrected chi connectivity index (χ1v) is 8.04. The van der Waals surface area contributed by atoms with Crippen LogP contribution in [0.5, 0.6) is 0 Å². The number of para-hydroxylation sites is 1. The Balaban J connectivity index is 1.69. The zero-order valence-electron chi connectivity index (χ0n) is 12.8. The maximum absolute atomic E-state index is 12.7. The maximum Gasteiger partial charge on any atom is 0.241 e. The van der Waals surface area contributed by atoms with Gasteiger partial charge in [0.25, 0.3) is 0 Å². The van der Waals surface area contributed by atoms with Crippen molar-refractivity contribution in [2.75, 3.05) is 24.5 Å². The standard InChI is InChI=1S/C17H25N3O/c1-13(18)15-7-4-5-10-19(15)12-17(21)20-11-9-14-6-2-3-8-16(14)20/h2-3,6,8,13,15H,4-5,7,9-12,18H2,1H3. The Bertz CT molecular complexity index is 515. The third kappa shape index (κ3) is 2.97. The van der Waals surface area contributed by atoms with Crippen LogP contribution in [-0.4, -0.2) is 42.5 Å². The van der Waals surface area contributed by atoms with E-state index in [-0.39, 0.29) is 11.9 Å². The molecule has 1 saturated heterocycles. The molecule has 1 aromatic rings. The topological polar surface area (TPSA) is 49.6 Å². The van der Waals surface area contributed by atoms with E-state index in [0.717, 1.165) is 31.6 Å². The molecule has 0 bridgehead atoms. The van der Waals surface area contributed by atoms with Gasteiger partial charge in [-0.05, 0) is 44.4 Å².